The predicted molar refractivity (Wildman–Crippen MR) is 100.0 cm³/mol. The maximum Gasteiger partial charge on any atom is 0.273 e. The lowest BCUT2D eigenvalue weighted by Gasteiger charge is -2.25. The van der Waals surface area contributed by atoms with Crippen molar-refractivity contribution in [2.45, 2.75) is 26.1 Å². The Hall–Kier alpha value is -2.34. The Morgan fingerprint density at radius 2 is 1.92 bits per heavy atom. The number of hydrogen-bond acceptors (Lipinski definition) is 4. The SMILES string of the molecule is Cc1ccc(C2SCCN2C(=O)c2ccc(C)c([N+](=O)[O-])c2)c(C)c1. The van der Waals surface area contributed by atoms with Gasteiger partial charge < -0.3 is 4.90 Å². The Labute approximate surface area is 151 Å². The second-order valence-electron chi connectivity index (χ2n) is 6.34. The standard InChI is InChI=1S/C19H20N2O3S/c1-12-4-7-16(14(3)10-12)19-20(8-9-25-19)18(22)15-6-5-13(2)17(11-15)21(23)24/h4-7,10-11,19H,8-9H2,1-3H3. The van der Waals surface area contributed by atoms with Crippen molar-refractivity contribution in [3.63, 3.8) is 0 Å². The van der Waals surface area contributed by atoms with E-state index in [4.69, 9.17) is 0 Å². The molecule has 0 N–H and O–H groups in total. The summed E-state index contributed by atoms with van der Waals surface area (Å²) < 4.78 is 0. The first-order chi connectivity index (χ1) is 11.9. The highest BCUT2D eigenvalue weighted by Crippen LogP contribution is 2.40. The minimum Gasteiger partial charge on any atom is -0.322 e. The number of nitro groups is 1. The average molecular weight is 356 g/mol. The molecule has 2 aromatic carbocycles. The molecule has 1 saturated heterocycles. The van der Waals surface area contributed by atoms with Gasteiger partial charge in [0.05, 0.1) is 4.92 Å². The zero-order valence-electron chi connectivity index (χ0n) is 14.5. The molecule has 2 aromatic rings. The van der Waals surface area contributed by atoms with Crippen LogP contribution >= 0.6 is 11.8 Å². The molecule has 3 rings (SSSR count). The number of thioether (sulfide) groups is 1. The highest BCUT2D eigenvalue weighted by atomic mass is 32.2. The van der Waals surface area contributed by atoms with Crippen LogP contribution in [0.25, 0.3) is 0 Å². The third-order valence-corrected chi connectivity index (χ3v) is 5.74. The normalized spacial score (nSPS) is 16.9. The van der Waals surface area contributed by atoms with E-state index in [-0.39, 0.29) is 17.0 Å². The van der Waals surface area contributed by atoms with Gasteiger partial charge in [-0.2, -0.15) is 0 Å². The number of hydrogen-bond donors (Lipinski definition) is 0. The summed E-state index contributed by atoms with van der Waals surface area (Å²) in [5.74, 6) is 0.704. The molecule has 0 aliphatic carbocycles. The minimum atomic E-state index is -0.438. The van der Waals surface area contributed by atoms with E-state index in [0.29, 0.717) is 17.7 Å². The lowest BCUT2D eigenvalue weighted by molar-refractivity contribution is -0.385. The monoisotopic (exact) mass is 356 g/mol. The number of carbonyl (C=O) groups excluding carboxylic acids is 1. The quantitative estimate of drug-likeness (QED) is 0.604. The van der Waals surface area contributed by atoms with Gasteiger partial charge in [0, 0.05) is 29.5 Å². The summed E-state index contributed by atoms with van der Waals surface area (Å²) in [5, 5.41) is 11.1. The Kier molecular flexibility index (Phi) is 4.81. The molecule has 1 amide bonds. The number of nitro benzene ring substituents is 1. The van der Waals surface area contributed by atoms with Crippen LogP contribution in [0.2, 0.25) is 0 Å². The first-order valence-corrected chi connectivity index (χ1v) is 9.18. The van der Waals surface area contributed by atoms with Gasteiger partial charge in [-0.05, 0) is 38.0 Å². The predicted octanol–water partition coefficient (Wildman–Crippen LogP) is 4.41. The largest absolute Gasteiger partial charge is 0.322 e. The molecule has 1 unspecified atom stereocenters. The van der Waals surface area contributed by atoms with Gasteiger partial charge in [-0.3, -0.25) is 14.9 Å². The summed E-state index contributed by atoms with van der Waals surface area (Å²) in [6.45, 7) is 6.42. The zero-order valence-corrected chi connectivity index (χ0v) is 15.3. The van der Waals surface area contributed by atoms with Gasteiger partial charge in [-0.25, -0.2) is 0 Å². The van der Waals surface area contributed by atoms with Crippen LogP contribution in [0.15, 0.2) is 36.4 Å². The van der Waals surface area contributed by atoms with Crippen LogP contribution in [0.4, 0.5) is 5.69 Å². The van der Waals surface area contributed by atoms with Gasteiger partial charge in [0.15, 0.2) is 0 Å². The van der Waals surface area contributed by atoms with E-state index < -0.39 is 4.92 Å². The Balaban J connectivity index is 1.93. The van der Waals surface area contributed by atoms with E-state index in [1.165, 1.54) is 11.6 Å². The smallest absolute Gasteiger partial charge is 0.273 e. The first kappa shape index (κ1) is 17.5. The Morgan fingerprint density at radius 3 is 2.60 bits per heavy atom. The number of carbonyl (C=O) groups is 1. The maximum atomic E-state index is 13.0. The molecule has 25 heavy (non-hydrogen) atoms. The van der Waals surface area contributed by atoms with Gasteiger partial charge >= 0.3 is 0 Å². The van der Waals surface area contributed by atoms with Gasteiger partial charge in [-0.1, -0.05) is 29.8 Å². The summed E-state index contributed by atoms with van der Waals surface area (Å²) in [6.07, 6.45) is 0. The molecule has 1 atom stereocenters. The van der Waals surface area contributed by atoms with Crippen LogP contribution in [0.1, 0.15) is 38.0 Å². The van der Waals surface area contributed by atoms with Crippen LogP contribution < -0.4 is 0 Å². The molecule has 6 heteroatoms. The Bertz CT molecular complexity index is 851. The average Bonchev–Trinajstić information content (AvgIpc) is 3.03. The number of aryl methyl sites for hydroxylation is 3. The summed E-state index contributed by atoms with van der Waals surface area (Å²) >= 11 is 1.73. The third-order valence-electron chi connectivity index (χ3n) is 4.50. The lowest BCUT2D eigenvalue weighted by atomic mass is 10.0. The highest BCUT2D eigenvalue weighted by Gasteiger charge is 2.32. The number of nitrogens with zero attached hydrogens (tertiary/aromatic N) is 2. The molecular formula is C19H20N2O3S. The van der Waals surface area contributed by atoms with Gasteiger partial charge in [0.25, 0.3) is 11.6 Å². The molecule has 0 aromatic heterocycles. The molecule has 1 fully saturated rings. The molecule has 130 valence electrons. The third kappa shape index (κ3) is 3.39. The van der Waals surface area contributed by atoms with Crippen molar-refractivity contribution in [2.24, 2.45) is 0 Å². The topological polar surface area (TPSA) is 63.5 Å². The van der Waals surface area contributed by atoms with Crippen molar-refractivity contribution in [1.29, 1.82) is 0 Å². The fourth-order valence-electron chi connectivity index (χ4n) is 3.14. The van der Waals surface area contributed by atoms with Crippen LogP contribution in [0.5, 0.6) is 0 Å². The fourth-order valence-corrected chi connectivity index (χ4v) is 4.49. The van der Waals surface area contributed by atoms with Crippen molar-refractivity contribution < 1.29 is 9.72 Å². The molecule has 1 aliphatic heterocycles. The first-order valence-electron chi connectivity index (χ1n) is 8.13. The molecule has 0 spiro atoms. The van der Waals surface area contributed by atoms with E-state index >= 15 is 0 Å². The van der Waals surface area contributed by atoms with E-state index in [1.54, 1.807) is 30.8 Å². The number of amides is 1. The van der Waals surface area contributed by atoms with Gasteiger partial charge in [-0.15, -0.1) is 11.8 Å². The van der Waals surface area contributed by atoms with Crippen molar-refractivity contribution >= 4 is 23.4 Å². The second kappa shape index (κ2) is 6.88. The molecule has 1 heterocycles. The lowest BCUT2D eigenvalue weighted by Crippen LogP contribution is -2.30. The maximum absolute atomic E-state index is 13.0. The van der Waals surface area contributed by atoms with E-state index in [0.717, 1.165) is 16.9 Å². The molecule has 1 aliphatic rings. The second-order valence-corrected chi connectivity index (χ2v) is 7.53. The van der Waals surface area contributed by atoms with E-state index in [9.17, 15) is 14.9 Å². The van der Waals surface area contributed by atoms with Crippen molar-refractivity contribution in [3.8, 4) is 0 Å². The zero-order chi connectivity index (χ0) is 18.1. The fraction of sp³-hybridized carbons (Fsp3) is 0.316. The van der Waals surface area contributed by atoms with Crippen LogP contribution in [0.3, 0.4) is 0 Å². The van der Waals surface area contributed by atoms with E-state index in [2.05, 4.69) is 25.1 Å². The van der Waals surface area contributed by atoms with Crippen molar-refractivity contribution in [1.82, 2.24) is 4.90 Å². The molecular weight excluding hydrogens is 336 g/mol. The van der Waals surface area contributed by atoms with Gasteiger partial charge in [0.1, 0.15) is 5.37 Å². The van der Waals surface area contributed by atoms with Crippen molar-refractivity contribution in [2.75, 3.05) is 12.3 Å². The summed E-state index contributed by atoms with van der Waals surface area (Å²) in [4.78, 5) is 25.5. The number of rotatable bonds is 3. The summed E-state index contributed by atoms with van der Waals surface area (Å²) in [7, 11) is 0. The number of benzene rings is 2. The molecule has 0 saturated carbocycles. The van der Waals surface area contributed by atoms with Crippen LogP contribution in [-0.4, -0.2) is 28.0 Å². The highest BCUT2D eigenvalue weighted by molar-refractivity contribution is 7.99. The van der Waals surface area contributed by atoms with Crippen molar-refractivity contribution in [3.05, 3.63) is 74.3 Å². The molecule has 5 nitrogen and oxygen atoms in total. The molecule has 0 bridgehead atoms. The van der Waals surface area contributed by atoms with E-state index in [1.807, 2.05) is 11.8 Å². The van der Waals surface area contributed by atoms with Crippen LogP contribution in [0, 0.1) is 30.9 Å². The summed E-state index contributed by atoms with van der Waals surface area (Å²) in [5.41, 5.74) is 4.39. The van der Waals surface area contributed by atoms with Gasteiger partial charge in [0.2, 0.25) is 0 Å². The van der Waals surface area contributed by atoms with Crippen LogP contribution in [-0.2, 0) is 0 Å². The Morgan fingerprint density at radius 1 is 1.16 bits per heavy atom. The minimum absolute atomic E-state index is 0.0132. The summed E-state index contributed by atoms with van der Waals surface area (Å²) in [6, 6.07) is 11.0. The molecule has 0 radical (unpaired) electrons.